The van der Waals surface area contributed by atoms with Crippen molar-refractivity contribution in [3.05, 3.63) is 49.9 Å². The maximum Gasteiger partial charge on any atom is 0.259 e. The number of hydrogen-bond donors (Lipinski definition) is 0. The molecule has 0 amide bonds. The molecule has 0 aliphatic carbocycles. The second-order valence-corrected chi connectivity index (χ2v) is 6.95. The van der Waals surface area contributed by atoms with E-state index in [-0.39, 0.29) is 5.56 Å². The Kier molecular flexibility index (Phi) is 5.34. The standard InChI is InChI=1S/C17H20Cl2N4O2/c1-11-12(2)20-17-22(15-7-13(18)6-14(19)8-15)9-21(4-5-25-3)10-23(17)16(11)24/h6-8H,4-5,9-10H2,1-3H3. The zero-order valence-corrected chi connectivity index (χ0v) is 15.9. The molecule has 0 radical (unpaired) electrons. The van der Waals surface area contributed by atoms with Gasteiger partial charge in [0.15, 0.2) is 0 Å². The molecule has 0 bridgehead atoms. The number of fused-ring (bicyclic) bond motifs is 1. The minimum Gasteiger partial charge on any atom is -0.383 e. The Hall–Kier alpha value is -1.60. The Morgan fingerprint density at radius 1 is 1.16 bits per heavy atom. The Balaban J connectivity index is 2.12. The van der Waals surface area contributed by atoms with Gasteiger partial charge in [-0.3, -0.25) is 19.2 Å². The lowest BCUT2D eigenvalue weighted by Gasteiger charge is -2.38. The summed E-state index contributed by atoms with van der Waals surface area (Å²) < 4.78 is 6.86. The van der Waals surface area contributed by atoms with Gasteiger partial charge in [0.05, 0.1) is 19.9 Å². The summed E-state index contributed by atoms with van der Waals surface area (Å²) >= 11 is 12.3. The van der Waals surface area contributed by atoms with E-state index >= 15 is 0 Å². The van der Waals surface area contributed by atoms with Gasteiger partial charge in [-0.25, -0.2) is 4.98 Å². The summed E-state index contributed by atoms with van der Waals surface area (Å²) in [5.41, 5.74) is 2.13. The van der Waals surface area contributed by atoms with Crippen LogP contribution >= 0.6 is 23.2 Å². The van der Waals surface area contributed by atoms with Crippen molar-refractivity contribution in [2.45, 2.75) is 20.5 Å². The summed E-state index contributed by atoms with van der Waals surface area (Å²) in [6, 6.07) is 5.32. The van der Waals surface area contributed by atoms with Crippen LogP contribution < -0.4 is 10.5 Å². The fraction of sp³-hybridized carbons (Fsp3) is 0.412. The summed E-state index contributed by atoms with van der Waals surface area (Å²) in [5, 5.41) is 1.07. The first-order chi connectivity index (χ1) is 11.9. The highest BCUT2D eigenvalue weighted by Gasteiger charge is 2.27. The van der Waals surface area contributed by atoms with Crippen LogP contribution in [-0.2, 0) is 11.4 Å². The van der Waals surface area contributed by atoms with Crippen LogP contribution in [0.15, 0.2) is 23.0 Å². The lowest BCUT2D eigenvalue weighted by molar-refractivity contribution is 0.121. The van der Waals surface area contributed by atoms with Gasteiger partial charge in [-0.05, 0) is 32.0 Å². The van der Waals surface area contributed by atoms with Gasteiger partial charge in [0, 0.05) is 40.6 Å². The Morgan fingerprint density at radius 3 is 2.48 bits per heavy atom. The summed E-state index contributed by atoms with van der Waals surface area (Å²) in [6.45, 7) is 5.95. The van der Waals surface area contributed by atoms with Crippen molar-refractivity contribution < 1.29 is 4.74 Å². The number of aromatic nitrogens is 2. The second kappa shape index (κ2) is 7.33. The molecule has 0 unspecified atom stereocenters. The first kappa shape index (κ1) is 18.2. The number of nitrogens with zero attached hydrogens (tertiary/aromatic N) is 4. The van der Waals surface area contributed by atoms with Crippen molar-refractivity contribution >= 4 is 34.8 Å². The molecule has 134 valence electrons. The number of anilines is 2. The van der Waals surface area contributed by atoms with E-state index in [0.717, 1.165) is 11.4 Å². The van der Waals surface area contributed by atoms with Gasteiger partial charge in [0.2, 0.25) is 5.95 Å². The molecular weight excluding hydrogens is 363 g/mol. The van der Waals surface area contributed by atoms with Crippen molar-refractivity contribution in [1.29, 1.82) is 0 Å². The van der Waals surface area contributed by atoms with Gasteiger partial charge < -0.3 is 4.74 Å². The van der Waals surface area contributed by atoms with Crippen molar-refractivity contribution in [3.8, 4) is 0 Å². The van der Waals surface area contributed by atoms with Crippen LogP contribution in [0.4, 0.5) is 11.6 Å². The molecule has 0 fully saturated rings. The molecule has 0 saturated heterocycles. The molecule has 0 N–H and O–H groups in total. The van der Waals surface area contributed by atoms with Crippen LogP contribution in [0, 0.1) is 13.8 Å². The molecule has 1 aliphatic rings. The third kappa shape index (κ3) is 3.67. The monoisotopic (exact) mass is 382 g/mol. The van der Waals surface area contributed by atoms with E-state index in [9.17, 15) is 4.79 Å². The molecule has 2 heterocycles. The minimum absolute atomic E-state index is 0.0391. The van der Waals surface area contributed by atoms with Crippen LogP contribution in [0.3, 0.4) is 0 Å². The minimum atomic E-state index is -0.0391. The van der Waals surface area contributed by atoms with E-state index in [1.165, 1.54) is 0 Å². The van der Waals surface area contributed by atoms with Crippen molar-refractivity contribution in [2.24, 2.45) is 0 Å². The van der Waals surface area contributed by atoms with Crippen LogP contribution in [0.1, 0.15) is 11.3 Å². The Labute approximate surface area is 156 Å². The van der Waals surface area contributed by atoms with Gasteiger partial charge in [0.25, 0.3) is 5.56 Å². The molecule has 6 nitrogen and oxygen atoms in total. The molecule has 1 aliphatic heterocycles. The average molecular weight is 383 g/mol. The molecule has 8 heteroatoms. The van der Waals surface area contributed by atoms with Crippen molar-refractivity contribution in [3.63, 3.8) is 0 Å². The zero-order chi connectivity index (χ0) is 18.1. The number of halogens is 2. The number of hydrogen-bond acceptors (Lipinski definition) is 5. The van der Waals surface area contributed by atoms with Gasteiger partial charge in [-0.1, -0.05) is 23.2 Å². The first-order valence-corrected chi connectivity index (χ1v) is 8.69. The summed E-state index contributed by atoms with van der Waals surface area (Å²) in [4.78, 5) is 21.5. The Bertz CT molecular complexity index is 833. The van der Waals surface area contributed by atoms with E-state index in [0.29, 0.717) is 48.0 Å². The highest BCUT2D eigenvalue weighted by Crippen LogP contribution is 2.31. The molecule has 2 aromatic rings. The van der Waals surface area contributed by atoms with Crippen LogP contribution in [0.25, 0.3) is 0 Å². The first-order valence-electron chi connectivity index (χ1n) is 7.93. The molecule has 1 aromatic heterocycles. The number of benzene rings is 1. The fourth-order valence-electron chi connectivity index (χ4n) is 2.84. The molecule has 3 rings (SSSR count). The summed E-state index contributed by atoms with van der Waals surface area (Å²) in [7, 11) is 1.66. The summed E-state index contributed by atoms with van der Waals surface area (Å²) in [6.07, 6.45) is 0. The highest BCUT2D eigenvalue weighted by atomic mass is 35.5. The third-order valence-electron chi connectivity index (χ3n) is 4.31. The fourth-order valence-corrected chi connectivity index (χ4v) is 3.35. The number of methoxy groups -OCH3 is 1. The molecule has 0 saturated carbocycles. The molecule has 0 atom stereocenters. The van der Waals surface area contributed by atoms with Crippen molar-refractivity contribution in [1.82, 2.24) is 14.5 Å². The van der Waals surface area contributed by atoms with Gasteiger partial charge >= 0.3 is 0 Å². The van der Waals surface area contributed by atoms with Gasteiger partial charge in [-0.2, -0.15) is 0 Å². The van der Waals surface area contributed by atoms with Crippen molar-refractivity contribution in [2.75, 3.05) is 31.8 Å². The molecular formula is C17H20Cl2N4O2. The van der Waals surface area contributed by atoms with Crippen LogP contribution in [0.5, 0.6) is 0 Å². The molecule has 25 heavy (non-hydrogen) atoms. The second-order valence-electron chi connectivity index (χ2n) is 6.08. The predicted octanol–water partition coefficient (Wildman–Crippen LogP) is 3.18. The van der Waals surface area contributed by atoms with E-state index in [1.54, 1.807) is 24.7 Å². The largest absolute Gasteiger partial charge is 0.383 e. The van der Waals surface area contributed by atoms with E-state index in [1.807, 2.05) is 24.0 Å². The maximum absolute atomic E-state index is 12.8. The normalized spacial score (nSPS) is 14.7. The topological polar surface area (TPSA) is 50.6 Å². The van der Waals surface area contributed by atoms with Gasteiger partial charge in [-0.15, -0.1) is 0 Å². The molecule has 0 spiro atoms. The number of ether oxygens (including phenoxy) is 1. The number of rotatable bonds is 4. The quantitative estimate of drug-likeness (QED) is 0.812. The van der Waals surface area contributed by atoms with Crippen LogP contribution in [0.2, 0.25) is 10.0 Å². The predicted molar refractivity (Wildman–Crippen MR) is 100 cm³/mol. The van der Waals surface area contributed by atoms with E-state index in [2.05, 4.69) is 9.88 Å². The van der Waals surface area contributed by atoms with E-state index < -0.39 is 0 Å². The lowest BCUT2D eigenvalue weighted by atomic mass is 10.2. The van der Waals surface area contributed by atoms with Gasteiger partial charge in [0.1, 0.15) is 0 Å². The van der Waals surface area contributed by atoms with Crippen LogP contribution in [-0.4, -0.2) is 41.4 Å². The third-order valence-corrected chi connectivity index (χ3v) is 4.75. The zero-order valence-electron chi connectivity index (χ0n) is 14.4. The average Bonchev–Trinajstić information content (AvgIpc) is 2.57. The highest BCUT2D eigenvalue weighted by molar-refractivity contribution is 6.35. The number of aryl methyl sites for hydroxylation is 1. The smallest absolute Gasteiger partial charge is 0.259 e. The molecule has 1 aromatic carbocycles. The Morgan fingerprint density at radius 2 is 1.84 bits per heavy atom. The maximum atomic E-state index is 12.8. The summed E-state index contributed by atoms with van der Waals surface area (Å²) in [5.74, 6) is 0.597. The van der Waals surface area contributed by atoms with E-state index in [4.69, 9.17) is 27.9 Å². The lowest BCUT2D eigenvalue weighted by Crippen LogP contribution is -2.48. The SMILES string of the molecule is COCCN1CN(c2cc(Cl)cc(Cl)c2)c2nc(C)c(C)c(=O)n2C1.